The van der Waals surface area contributed by atoms with Crippen molar-refractivity contribution in [1.82, 2.24) is 9.78 Å². The zero-order chi connectivity index (χ0) is 17.7. The molecule has 7 heteroatoms. The van der Waals surface area contributed by atoms with Crippen LogP contribution >= 0.6 is 0 Å². The van der Waals surface area contributed by atoms with Gasteiger partial charge in [-0.25, -0.2) is 9.07 Å². The highest BCUT2D eigenvalue weighted by Crippen LogP contribution is 2.41. The first-order valence-corrected chi connectivity index (χ1v) is 8.22. The van der Waals surface area contributed by atoms with E-state index in [0.29, 0.717) is 29.4 Å². The van der Waals surface area contributed by atoms with Crippen LogP contribution in [-0.4, -0.2) is 22.5 Å². The van der Waals surface area contributed by atoms with Crippen LogP contribution in [0.4, 0.5) is 10.2 Å². The number of amides is 1. The molecule has 2 aliphatic rings. The van der Waals surface area contributed by atoms with E-state index < -0.39 is 0 Å². The lowest BCUT2D eigenvalue weighted by Gasteiger charge is -2.24. The molecule has 2 aliphatic heterocycles. The number of fused-ring (bicyclic) bond motifs is 2. The van der Waals surface area contributed by atoms with E-state index in [1.165, 1.54) is 12.1 Å². The van der Waals surface area contributed by atoms with Gasteiger partial charge in [0.15, 0.2) is 11.5 Å². The van der Waals surface area contributed by atoms with Crippen molar-refractivity contribution in [3.8, 4) is 17.2 Å². The van der Waals surface area contributed by atoms with Gasteiger partial charge in [0.25, 0.3) is 0 Å². The van der Waals surface area contributed by atoms with E-state index in [4.69, 9.17) is 9.47 Å². The molecule has 0 bridgehead atoms. The van der Waals surface area contributed by atoms with Gasteiger partial charge in [-0.2, -0.15) is 5.10 Å². The maximum absolute atomic E-state index is 13.2. The normalized spacial score (nSPS) is 17.7. The number of aromatic nitrogens is 2. The predicted octanol–water partition coefficient (Wildman–Crippen LogP) is 3.21. The maximum atomic E-state index is 13.2. The smallest absolute Gasteiger partial charge is 0.231 e. The lowest BCUT2D eigenvalue weighted by molar-refractivity contribution is -0.116. The summed E-state index contributed by atoms with van der Waals surface area (Å²) < 4.78 is 25.6. The molecule has 1 aromatic heterocycles. The Balaban J connectivity index is 1.59. The van der Waals surface area contributed by atoms with Gasteiger partial charge in [-0.3, -0.25) is 4.79 Å². The predicted molar refractivity (Wildman–Crippen MR) is 91.2 cm³/mol. The zero-order valence-electron chi connectivity index (χ0n) is 13.6. The quantitative estimate of drug-likeness (QED) is 0.770. The molecule has 26 heavy (non-hydrogen) atoms. The highest BCUT2D eigenvalue weighted by molar-refractivity contribution is 5.94. The summed E-state index contributed by atoms with van der Waals surface area (Å²) in [4.78, 5) is 12.3. The molecule has 0 fully saturated rings. The first-order valence-electron chi connectivity index (χ1n) is 8.22. The fraction of sp³-hybridized carbons (Fsp3) is 0.158. The van der Waals surface area contributed by atoms with Crippen LogP contribution in [0.1, 0.15) is 23.5 Å². The summed E-state index contributed by atoms with van der Waals surface area (Å²) in [6.07, 6.45) is 2.06. The molecule has 0 spiro atoms. The number of carbonyl (C=O) groups excluding carboxylic acids is 1. The highest BCUT2D eigenvalue weighted by atomic mass is 19.1. The van der Waals surface area contributed by atoms with Crippen LogP contribution in [0.5, 0.6) is 11.5 Å². The van der Waals surface area contributed by atoms with Crippen LogP contribution in [0.15, 0.2) is 48.7 Å². The van der Waals surface area contributed by atoms with Gasteiger partial charge >= 0.3 is 0 Å². The minimum Gasteiger partial charge on any atom is -0.454 e. The molecule has 0 saturated carbocycles. The van der Waals surface area contributed by atoms with Crippen molar-refractivity contribution < 1.29 is 18.7 Å². The Labute approximate surface area is 148 Å². The summed E-state index contributed by atoms with van der Waals surface area (Å²) in [6.45, 7) is 0.206. The Hall–Kier alpha value is -3.35. The van der Waals surface area contributed by atoms with Crippen LogP contribution < -0.4 is 14.8 Å². The lowest BCUT2D eigenvalue weighted by Crippen LogP contribution is -2.24. The van der Waals surface area contributed by atoms with Crippen molar-refractivity contribution in [1.29, 1.82) is 0 Å². The van der Waals surface area contributed by atoms with Gasteiger partial charge in [0.1, 0.15) is 11.6 Å². The minimum atomic E-state index is -0.322. The molecule has 0 unspecified atom stereocenters. The molecule has 1 amide bonds. The molecular formula is C19H14FN3O3. The molecule has 3 aromatic rings. The number of benzene rings is 2. The van der Waals surface area contributed by atoms with Gasteiger partial charge < -0.3 is 14.8 Å². The van der Waals surface area contributed by atoms with Crippen LogP contribution in [0, 0.1) is 5.82 Å². The second-order valence-electron chi connectivity index (χ2n) is 6.25. The van der Waals surface area contributed by atoms with Crippen molar-refractivity contribution >= 4 is 11.7 Å². The molecule has 0 aliphatic carbocycles. The summed E-state index contributed by atoms with van der Waals surface area (Å²) in [7, 11) is 0. The molecule has 5 rings (SSSR count). The van der Waals surface area contributed by atoms with Gasteiger partial charge in [0, 0.05) is 17.9 Å². The van der Waals surface area contributed by atoms with Gasteiger partial charge in [-0.1, -0.05) is 6.07 Å². The second-order valence-corrected chi connectivity index (χ2v) is 6.25. The number of hydrogen-bond donors (Lipinski definition) is 1. The highest BCUT2D eigenvalue weighted by Gasteiger charge is 2.31. The Morgan fingerprint density at radius 1 is 1.12 bits per heavy atom. The fourth-order valence-corrected chi connectivity index (χ4v) is 3.43. The number of ether oxygens (including phenoxy) is 2. The van der Waals surface area contributed by atoms with Gasteiger partial charge in [-0.15, -0.1) is 0 Å². The molecule has 1 atom stereocenters. The van der Waals surface area contributed by atoms with E-state index in [-0.39, 0.29) is 24.4 Å². The van der Waals surface area contributed by atoms with Crippen molar-refractivity contribution in [2.75, 3.05) is 12.1 Å². The Morgan fingerprint density at radius 3 is 2.77 bits per heavy atom. The lowest BCUT2D eigenvalue weighted by atomic mass is 9.87. The first-order chi connectivity index (χ1) is 12.7. The zero-order valence-corrected chi connectivity index (χ0v) is 13.6. The number of hydrogen-bond acceptors (Lipinski definition) is 4. The third kappa shape index (κ3) is 2.32. The fourth-order valence-electron chi connectivity index (χ4n) is 3.43. The maximum Gasteiger partial charge on any atom is 0.231 e. The molecule has 2 aromatic carbocycles. The number of rotatable bonds is 2. The molecule has 0 saturated heterocycles. The summed E-state index contributed by atoms with van der Waals surface area (Å²) in [6, 6.07) is 11.7. The monoisotopic (exact) mass is 351 g/mol. The van der Waals surface area contributed by atoms with E-state index in [1.807, 2.05) is 18.2 Å². The molecule has 0 radical (unpaired) electrons. The summed E-state index contributed by atoms with van der Waals surface area (Å²) in [5.74, 6) is 1.44. The number of halogens is 1. The van der Waals surface area contributed by atoms with Gasteiger partial charge in [-0.05, 0) is 42.0 Å². The van der Waals surface area contributed by atoms with Crippen molar-refractivity contribution in [2.24, 2.45) is 0 Å². The molecular weight excluding hydrogens is 337 g/mol. The van der Waals surface area contributed by atoms with E-state index in [1.54, 1.807) is 23.0 Å². The van der Waals surface area contributed by atoms with E-state index in [2.05, 4.69) is 10.4 Å². The van der Waals surface area contributed by atoms with Crippen LogP contribution in [-0.2, 0) is 4.79 Å². The number of nitrogens with zero attached hydrogens (tertiary/aromatic N) is 2. The first kappa shape index (κ1) is 14.9. The third-order valence-electron chi connectivity index (χ3n) is 4.69. The standard InChI is InChI=1S/C19H14FN3O3/c20-12-2-4-13(5-3-12)23-19-15(9-21-23)14(8-18(24)22-19)11-1-6-16-17(7-11)26-10-25-16/h1-7,9,14H,8,10H2,(H,22,24)/t14-/m1/s1. The Bertz CT molecular complexity index is 1010. The average Bonchev–Trinajstić information content (AvgIpc) is 3.27. The summed E-state index contributed by atoms with van der Waals surface area (Å²) >= 11 is 0. The van der Waals surface area contributed by atoms with Crippen LogP contribution in [0.25, 0.3) is 5.69 Å². The molecule has 6 nitrogen and oxygen atoms in total. The van der Waals surface area contributed by atoms with Crippen LogP contribution in [0.2, 0.25) is 0 Å². The van der Waals surface area contributed by atoms with Crippen molar-refractivity contribution in [3.05, 3.63) is 65.6 Å². The van der Waals surface area contributed by atoms with E-state index in [9.17, 15) is 9.18 Å². The summed E-state index contributed by atoms with van der Waals surface area (Å²) in [5, 5.41) is 7.29. The van der Waals surface area contributed by atoms with Gasteiger partial charge in [0.2, 0.25) is 12.7 Å². The average molecular weight is 351 g/mol. The topological polar surface area (TPSA) is 65.4 Å². The molecule has 130 valence electrons. The third-order valence-corrected chi connectivity index (χ3v) is 4.69. The molecule has 1 N–H and O–H groups in total. The van der Waals surface area contributed by atoms with Crippen molar-refractivity contribution in [3.63, 3.8) is 0 Å². The van der Waals surface area contributed by atoms with Crippen molar-refractivity contribution in [2.45, 2.75) is 12.3 Å². The second kappa shape index (κ2) is 5.59. The van der Waals surface area contributed by atoms with Gasteiger partial charge in [0.05, 0.1) is 11.9 Å². The Kier molecular flexibility index (Phi) is 3.21. The molecule has 3 heterocycles. The largest absolute Gasteiger partial charge is 0.454 e. The van der Waals surface area contributed by atoms with E-state index >= 15 is 0 Å². The Morgan fingerprint density at radius 2 is 1.92 bits per heavy atom. The number of carbonyl (C=O) groups is 1. The number of nitrogens with one attached hydrogen (secondary N) is 1. The summed E-state index contributed by atoms with van der Waals surface area (Å²) in [5.41, 5.74) is 2.55. The number of anilines is 1. The minimum absolute atomic E-state index is 0.0935. The van der Waals surface area contributed by atoms with E-state index in [0.717, 1.165) is 11.1 Å². The van der Waals surface area contributed by atoms with Crippen LogP contribution in [0.3, 0.4) is 0 Å². The SMILES string of the molecule is O=C1C[C@H](c2ccc3c(c2)OCO3)c2cnn(-c3ccc(F)cc3)c2N1.